The molecule has 20 heavy (non-hydrogen) atoms. The van der Waals surface area contributed by atoms with E-state index in [9.17, 15) is 17.6 Å². The van der Waals surface area contributed by atoms with Crippen LogP contribution in [0.2, 0.25) is 0 Å². The molecule has 1 aliphatic rings. The molecule has 1 heterocycles. The quantitative estimate of drug-likeness (QED) is 0.433. The normalized spacial score (nSPS) is 22.9. The van der Waals surface area contributed by atoms with E-state index in [4.69, 9.17) is 4.74 Å². The number of ether oxygens (including phenoxy) is 1. The van der Waals surface area contributed by atoms with Crippen LogP contribution in [0.1, 0.15) is 31.4 Å². The third kappa shape index (κ3) is 2.86. The maximum Gasteiger partial charge on any atom is 0.419 e. The van der Waals surface area contributed by atoms with E-state index in [1.54, 1.807) is 19.9 Å². The van der Waals surface area contributed by atoms with E-state index in [1.165, 1.54) is 12.1 Å². The first-order valence-electron chi connectivity index (χ1n) is 6.17. The first-order valence-corrected chi connectivity index (χ1v) is 7.29. The summed E-state index contributed by atoms with van der Waals surface area (Å²) >= 11 is 3.25. The molecule has 0 saturated carbocycles. The summed E-state index contributed by atoms with van der Waals surface area (Å²) < 4.78 is 56.9. The molecule has 1 nitrogen and oxygen atoms in total. The third-order valence-corrected chi connectivity index (χ3v) is 4.28. The Balaban J connectivity index is 2.32. The molecule has 6 heteroatoms. The van der Waals surface area contributed by atoms with Crippen LogP contribution in [0.4, 0.5) is 17.6 Å². The predicted molar refractivity (Wildman–Crippen MR) is 71.4 cm³/mol. The topological polar surface area (TPSA) is 12.5 Å². The Morgan fingerprint density at radius 3 is 2.35 bits per heavy atom. The van der Waals surface area contributed by atoms with E-state index < -0.39 is 23.0 Å². The van der Waals surface area contributed by atoms with Gasteiger partial charge in [-0.05, 0) is 35.1 Å². The lowest BCUT2D eigenvalue weighted by Crippen LogP contribution is -2.39. The maximum absolute atomic E-state index is 13.2. The highest BCUT2D eigenvalue weighted by Gasteiger charge is 2.67. The monoisotopic (exact) mass is 354 g/mol. The van der Waals surface area contributed by atoms with E-state index in [2.05, 4.69) is 15.9 Å². The molecule has 1 aromatic carbocycles. The summed E-state index contributed by atoms with van der Waals surface area (Å²) in [5, 5.41) is 0.392. The van der Waals surface area contributed by atoms with Crippen LogP contribution in [0, 0.1) is 5.82 Å². The van der Waals surface area contributed by atoms with E-state index in [0.29, 0.717) is 16.5 Å². The van der Waals surface area contributed by atoms with Gasteiger partial charge in [0.2, 0.25) is 0 Å². The molecule has 1 aliphatic heterocycles. The molecular weight excluding hydrogens is 340 g/mol. The van der Waals surface area contributed by atoms with Gasteiger partial charge in [0, 0.05) is 5.33 Å². The van der Waals surface area contributed by atoms with Gasteiger partial charge in [-0.3, -0.25) is 0 Å². The fourth-order valence-electron chi connectivity index (χ4n) is 2.60. The summed E-state index contributed by atoms with van der Waals surface area (Å²) in [6.07, 6.45) is -4.55. The Bertz CT molecular complexity index is 506. The minimum absolute atomic E-state index is 0.171. The van der Waals surface area contributed by atoms with Crippen molar-refractivity contribution in [2.75, 3.05) is 6.61 Å². The molecule has 1 fully saturated rings. The molecule has 0 radical (unpaired) electrons. The standard InChI is InChI=1S/C14H15BrF4O/c1-12(2,7-13(8-20-13)14(17,18)19)11-4-3-10(16)5-9(11)6-15/h3-5H,6-8H2,1-2H3. The minimum atomic E-state index is -4.38. The lowest BCUT2D eigenvalue weighted by Gasteiger charge is -2.31. The van der Waals surface area contributed by atoms with Crippen molar-refractivity contribution in [1.82, 2.24) is 0 Å². The molecule has 1 aromatic rings. The molecule has 0 aliphatic carbocycles. The second kappa shape index (κ2) is 4.98. The van der Waals surface area contributed by atoms with Crippen LogP contribution < -0.4 is 0 Å². The van der Waals surface area contributed by atoms with Gasteiger partial charge in [-0.1, -0.05) is 35.8 Å². The minimum Gasteiger partial charge on any atom is -0.360 e. The lowest BCUT2D eigenvalue weighted by atomic mass is 9.75. The number of hydrogen-bond donors (Lipinski definition) is 0. The van der Waals surface area contributed by atoms with Crippen molar-refractivity contribution in [3.05, 3.63) is 35.1 Å². The number of alkyl halides is 4. The number of epoxide rings is 1. The predicted octanol–water partition coefficient (Wildman–Crippen LogP) is 4.72. The van der Waals surface area contributed by atoms with E-state index in [0.717, 1.165) is 0 Å². The van der Waals surface area contributed by atoms with Gasteiger partial charge < -0.3 is 4.74 Å². The molecule has 0 spiro atoms. The second-order valence-electron chi connectivity index (χ2n) is 5.78. The van der Waals surface area contributed by atoms with Crippen molar-refractivity contribution in [2.24, 2.45) is 0 Å². The zero-order valence-electron chi connectivity index (χ0n) is 11.2. The van der Waals surface area contributed by atoms with Crippen molar-refractivity contribution < 1.29 is 22.3 Å². The fraction of sp³-hybridized carbons (Fsp3) is 0.571. The van der Waals surface area contributed by atoms with Crippen LogP contribution in [0.5, 0.6) is 0 Å². The van der Waals surface area contributed by atoms with Gasteiger partial charge in [0.15, 0.2) is 5.60 Å². The highest BCUT2D eigenvalue weighted by Crippen LogP contribution is 2.51. The summed E-state index contributed by atoms with van der Waals surface area (Å²) in [5.41, 5.74) is -1.44. The number of hydrogen-bond acceptors (Lipinski definition) is 1. The summed E-state index contributed by atoms with van der Waals surface area (Å²) in [6.45, 7) is 3.15. The van der Waals surface area contributed by atoms with Crippen molar-refractivity contribution in [3.8, 4) is 0 Å². The molecule has 0 bridgehead atoms. The molecule has 1 atom stereocenters. The van der Waals surface area contributed by atoms with Gasteiger partial charge in [-0.25, -0.2) is 4.39 Å². The Morgan fingerprint density at radius 2 is 1.90 bits per heavy atom. The van der Waals surface area contributed by atoms with Crippen LogP contribution in [-0.4, -0.2) is 18.4 Å². The van der Waals surface area contributed by atoms with Crippen molar-refractivity contribution in [1.29, 1.82) is 0 Å². The summed E-state index contributed by atoms with van der Waals surface area (Å²) in [6, 6.07) is 4.18. The highest BCUT2D eigenvalue weighted by molar-refractivity contribution is 9.08. The Morgan fingerprint density at radius 1 is 1.30 bits per heavy atom. The second-order valence-corrected chi connectivity index (χ2v) is 6.34. The van der Waals surface area contributed by atoms with Crippen molar-refractivity contribution in [2.45, 2.75) is 42.8 Å². The van der Waals surface area contributed by atoms with Crippen LogP contribution >= 0.6 is 15.9 Å². The number of rotatable bonds is 4. The number of halogens is 5. The van der Waals surface area contributed by atoms with E-state index >= 15 is 0 Å². The molecule has 0 aromatic heterocycles. The molecule has 0 amide bonds. The van der Waals surface area contributed by atoms with Crippen LogP contribution in [-0.2, 0) is 15.5 Å². The van der Waals surface area contributed by atoms with Crippen LogP contribution in [0.25, 0.3) is 0 Å². The molecular formula is C14H15BrF4O. The van der Waals surface area contributed by atoms with E-state index in [1.807, 2.05) is 0 Å². The molecule has 0 N–H and O–H groups in total. The van der Waals surface area contributed by atoms with Gasteiger partial charge in [-0.15, -0.1) is 0 Å². The first kappa shape index (κ1) is 15.8. The smallest absolute Gasteiger partial charge is 0.360 e. The summed E-state index contributed by atoms with van der Waals surface area (Å²) in [4.78, 5) is 0. The van der Waals surface area contributed by atoms with E-state index in [-0.39, 0.29) is 13.0 Å². The molecule has 2 rings (SSSR count). The maximum atomic E-state index is 13.2. The summed E-state index contributed by atoms with van der Waals surface area (Å²) in [7, 11) is 0. The third-order valence-electron chi connectivity index (χ3n) is 3.68. The Kier molecular flexibility index (Phi) is 3.93. The zero-order valence-corrected chi connectivity index (χ0v) is 12.7. The lowest BCUT2D eigenvalue weighted by molar-refractivity contribution is -0.188. The van der Waals surface area contributed by atoms with Gasteiger partial charge in [0.1, 0.15) is 5.82 Å². The first-order chi connectivity index (χ1) is 9.11. The van der Waals surface area contributed by atoms with Crippen molar-refractivity contribution in [3.63, 3.8) is 0 Å². The average Bonchev–Trinajstić information content (AvgIpc) is 3.08. The molecule has 1 unspecified atom stereocenters. The Labute approximate surface area is 123 Å². The van der Waals surface area contributed by atoms with Gasteiger partial charge in [0.05, 0.1) is 6.61 Å². The highest BCUT2D eigenvalue weighted by atomic mass is 79.9. The SMILES string of the molecule is CC(C)(CC1(C(F)(F)F)CO1)c1ccc(F)cc1CBr. The molecule has 112 valence electrons. The van der Waals surface area contributed by atoms with Crippen molar-refractivity contribution >= 4 is 15.9 Å². The summed E-state index contributed by atoms with van der Waals surface area (Å²) in [5.74, 6) is -0.396. The molecule has 1 saturated heterocycles. The number of benzene rings is 1. The van der Waals surface area contributed by atoms with Gasteiger partial charge >= 0.3 is 6.18 Å². The van der Waals surface area contributed by atoms with Crippen LogP contribution in [0.15, 0.2) is 18.2 Å². The average molecular weight is 355 g/mol. The van der Waals surface area contributed by atoms with Crippen LogP contribution in [0.3, 0.4) is 0 Å². The Hall–Kier alpha value is -0.620. The zero-order chi connectivity index (χ0) is 15.2. The van der Waals surface area contributed by atoms with Gasteiger partial charge in [-0.2, -0.15) is 13.2 Å². The van der Waals surface area contributed by atoms with Gasteiger partial charge in [0.25, 0.3) is 0 Å². The largest absolute Gasteiger partial charge is 0.419 e. The fourth-order valence-corrected chi connectivity index (χ4v) is 3.06.